The summed E-state index contributed by atoms with van der Waals surface area (Å²) in [4.78, 5) is 15.7. The first kappa shape index (κ1) is 20.6. The van der Waals surface area contributed by atoms with Gasteiger partial charge in [-0.3, -0.25) is 9.39 Å². The minimum Gasteiger partial charge on any atom is -0.465 e. The number of pyridine rings is 1. The minimum atomic E-state index is -0.345. The van der Waals surface area contributed by atoms with Crippen LogP contribution in [0.15, 0.2) is 53.7 Å². The number of fused-ring (bicyclic) bond motifs is 1. The third-order valence-electron chi connectivity index (χ3n) is 3.86. The monoisotopic (exact) mass is 480 g/mol. The molecular weight excluding hydrogens is 459 g/mol. The molecule has 2 N–H and O–H groups in total. The van der Waals surface area contributed by atoms with Crippen molar-refractivity contribution >= 4 is 41.6 Å². The molecule has 0 aliphatic heterocycles. The third-order valence-corrected chi connectivity index (χ3v) is 3.86. The van der Waals surface area contributed by atoms with E-state index in [-0.39, 0.29) is 29.9 Å². The molecule has 3 rings (SSSR count). The van der Waals surface area contributed by atoms with E-state index in [1.165, 1.54) is 7.11 Å². The molecule has 2 aromatic heterocycles. The van der Waals surface area contributed by atoms with Gasteiger partial charge in [0.15, 0.2) is 17.4 Å². The number of carbonyl (C=O) groups excluding carboxylic acids is 1. The summed E-state index contributed by atoms with van der Waals surface area (Å²) in [6.07, 6.45) is 1.92. The van der Waals surface area contributed by atoms with Crippen LogP contribution < -0.4 is 10.6 Å². The Morgan fingerprint density at radius 1 is 1.11 bits per heavy atom. The zero-order valence-electron chi connectivity index (χ0n) is 15.0. The largest absolute Gasteiger partial charge is 0.465 e. The number of methoxy groups -OCH3 is 1. The number of ether oxygens (including phenoxy) is 1. The zero-order valence-corrected chi connectivity index (χ0v) is 17.4. The Morgan fingerprint density at radius 2 is 1.85 bits per heavy atom. The maximum Gasteiger partial charge on any atom is 0.337 e. The first-order chi connectivity index (χ1) is 12.7. The molecule has 9 heteroatoms. The number of esters is 1. The van der Waals surface area contributed by atoms with Crippen molar-refractivity contribution in [2.24, 2.45) is 4.99 Å². The standard InChI is InChI=1S/C18H20N6O2.HI/c1-19-18(20-11-13-6-8-14(9-7-13)17(25)26-2)21-12-16-23-22-15-5-3-4-10-24(15)16;/h3-10H,11-12H2,1-2H3,(H2,19,20,21);1H. The predicted octanol–water partition coefficient (Wildman–Crippen LogP) is 2.00. The maximum absolute atomic E-state index is 11.4. The second-order valence-electron chi connectivity index (χ2n) is 5.51. The van der Waals surface area contributed by atoms with Crippen molar-refractivity contribution in [1.82, 2.24) is 25.2 Å². The number of guanidine groups is 1. The molecule has 0 aliphatic rings. The van der Waals surface area contributed by atoms with Gasteiger partial charge >= 0.3 is 5.97 Å². The SMILES string of the molecule is CN=C(NCc1ccc(C(=O)OC)cc1)NCc1nnc2ccccn12.I. The quantitative estimate of drug-likeness (QED) is 0.251. The first-order valence-corrected chi connectivity index (χ1v) is 8.11. The molecule has 8 nitrogen and oxygen atoms in total. The highest BCUT2D eigenvalue weighted by molar-refractivity contribution is 14.0. The number of halogens is 1. The molecule has 0 radical (unpaired) electrons. The molecule has 0 saturated heterocycles. The fourth-order valence-electron chi connectivity index (χ4n) is 2.46. The Bertz CT molecular complexity index is 923. The van der Waals surface area contributed by atoms with E-state index in [0.717, 1.165) is 17.0 Å². The van der Waals surface area contributed by atoms with E-state index in [9.17, 15) is 4.79 Å². The minimum absolute atomic E-state index is 0. The molecule has 0 atom stereocenters. The number of rotatable bonds is 5. The number of benzene rings is 1. The van der Waals surface area contributed by atoms with Gasteiger partial charge < -0.3 is 15.4 Å². The molecule has 2 heterocycles. The van der Waals surface area contributed by atoms with Gasteiger partial charge in [-0.15, -0.1) is 34.2 Å². The van der Waals surface area contributed by atoms with Crippen LogP contribution >= 0.6 is 24.0 Å². The summed E-state index contributed by atoms with van der Waals surface area (Å²) in [5, 5.41) is 14.7. The van der Waals surface area contributed by atoms with Crippen LogP contribution in [0, 0.1) is 0 Å². The Labute approximate surface area is 174 Å². The highest BCUT2D eigenvalue weighted by Crippen LogP contribution is 2.06. The highest BCUT2D eigenvalue weighted by Gasteiger charge is 2.07. The normalized spacial score (nSPS) is 11.0. The Hall–Kier alpha value is -2.69. The van der Waals surface area contributed by atoms with Crippen LogP contribution in [0.4, 0.5) is 0 Å². The number of carbonyl (C=O) groups is 1. The Kier molecular flexibility index (Phi) is 7.53. The van der Waals surface area contributed by atoms with Crippen LogP contribution in [-0.2, 0) is 17.8 Å². The second kappa shape index (κ2) is 9.86. The molecule has 0 spiro atoms. The van der Waals surface area contributed by atoms with Gasteiger partial charge in [-0.25, -0.2) is 4.79 Å². The summed E-state index contributed by atoms with van der Waals surface area (Å²) in [5.41, 5.74) is 2.35. The summed E-state index contributed by atoms with van der Waals surface area (Å²) in [6, 6.07) is 13.0. The van der Waals surface area contributed by atoms with Gasteiger partial charge in [0.1, 0.15) is 0 Å². The van der Waals surface area contributed by atoms with Crippen LogP contribution in [0.25, 0.3) is 5.65 Å². The number of aliphatic imine (C=N–C) groups is 1. The van der Waals surface area contributed by atoms with Crippen molar-refractivity contribution in [3.05, 3.63) is 65.6 Å². The fourth-order valence-corrected chi connectivity index (χ4v) is 2.46. The lowest BCUT2D eigenvalue weighted by Crippen LogP contribution is -2.36. The van der Waals surface area contributed by atoms with Gasteiger partial charge in [0.05, 0.1) is 19.2 Å². The molecular formula is C18H21IN6O2. The van der Waals surface area contributed by atoms with E-state index in [2.05, 4.69) is 25.8 Å². The molecule has 0 unspecified atom stereocenters. The van der Waals surface area contributed by atoms with Crippen molar-refractivity contribution in [2.45, 2.75) is 13.1 Å². The molecule has 27 heavy (non-hydrogen) atoms. The van der Waals surface area contributed by atoms with Gasteiger partial charge in [0.2, 0.25) is 0 Å². The average Bonchev–Trinajstić information content (AvgIpc) is 3.11. The van der Waals surface area contributed by atoms with Crippen molar-refractivity contribution in [3.8, 4) is 0 Å². The van der Waals surface area contributed by atoms with Crippen LogP contribution in [0.1, 0.15) is 21.7 Å². The molecule has 0 aliphatic carbocycles. The smallest absolute Gasteiger partial charge is 0.337 e. The van der Waals surface area contributed by atoms with Crippen LogP contribution in [0.2, 0.25) is 0 Å². The fraction of sp³-hybridized carbons (Fsp3) is 0.222. The second-order valence-corrected chi connectivity index (χ2v) is 5.51. The van der Waals surface area contributed by atoms with E-state index in [0.29, 0.717) is 24.6 Å². The molecule has 0 amide bonds. The molecule has 3 aromatic rings. The van der Waals surface area contributed by atoms with Crippen LogP contribution in [0.5, 0.6) is 0 Å². The topological polar surface area (TPSA) is 92.9 Å². The number of hydrogen-bond acceptors (Lipinski definition) is 5. The Balaban J connectivity index is 0.00000261. The number of hydrogen-bond donors (Lipinski definition) is 2. The first-order valence-electron chi connectivity index (χ1n) is 8.11. The van der Waals surface area contributed by atoms with E-state index >= 15 is 0 Å². The number of nitrogens with zero attached hydrogens (tertiary/aromatic N) is 4. The lowest BCUT2D eigenvalue weighted by molar-refractivity contribution is 0.0600. The van der Waals surface area contributed by atoms with Gasteiger partial charge in [-0.2, -0.15) is 0 Å². The summed E-state index contributed by atoms with van der Waals surface area (Å²) in [7, 11) is 3.07. The van der Waals surface area contributed by atoms with Gasteiger partial charge in [0, 0.05) is 19.8 Å². The van der Waals surface area contributed by atoms with Gasteiger partial charge in [-0.05, 0) is 29.8 Å². The van der Waals surface area contributed by atoms with Crippen molar-refractivity contribution in [3.63, 3.8) is 0 Å². The van der Waals surface area contributed by atoms with E-state index in [1.54, 1.807) is 19.2 Å². The summed E-state index contributed by atoms with van der Waals surface area (Å²) >= 11 is 0. The van der Waals surface area contributed by atoms with Gasteiger partial charge in [0.25, 0.3) is 0 Å². The van der Waals surface area contributed by atoms with Crippen molar-refractivity contribution in [2.75, 3.05) is 14.2 Å². The molecule has 1 aromatic carbocycles. The molecule has 0 saturated carbocycles. The van der Waals surface area contributed by atoms with E-state index in [4.69, 9.17) is 4.74 Å². The average molecular weight is 480 g/mol. The number of aromatic nitrogens is 3. The molecule has 142 valence electrons. The highest BCUT2D eigenvalue weighted by atomic mass is 127. The lowest BCUT2D eigenvalue weighted by Gasteiger charge is -2.11. The zero-order chi connectivity index (χ0) is 18.4. The summed E-state index contributed by atoms with van der Waals surface area (Å²) < 4.78 is 6.62. The third kappa shape index (κ3) is 5.16. The summed E-state index contributed by atoms with van der Waals surface area (Å²) in [5.74, 6) is 1.10. The lowest BCUT2D eigenvalue weighted by atomic mass is 10.1. The van der Waals surface area contributed by atoms with Crippen LogP contribution in [0.3, 0.4) is 0 Å². The summed E-state index contributed by atoms with van der Waals surface area (Å²) in [6.45, 7) is 1.06. The molecule has 0 bridgehead atoms. The van der Waals surface area contributed by atoms with E-state index in [1.807, 2.05) is 40.9 Å². The van der Waals surface area contributed by atoms with Crippen molar-refractivity contribution < 1.29 is 9.53 Å². The van der Waals surface area contributed by atoms with Gasteiger partial charge in [-0.1, -0.05) is 18.2 Å². The van der Waals surface area contributed by atoms with Crippen LogP contribution in [-0.4, -0.2) is 40.7 Å². The van der Waals surface area contributed by atoms with Crippen molar-refractivity contribution in [1.29, 1.82) is 0 Å². The molecule has 0 fully saturated rings. The Morgan fingerprint density at radius 3 is 2.56 bits per heavy atom. The predicted molar refractivity (Wildman–Crippen MR) is 113 cm³/mol. The maximum atomic E-state index is 11.4. The number of nitrogens with one attached hydrogen (secondary N) is 2. The van der Waals surface area contributed by atoms with E-state index < -0.39 is 0 Å².